The van der Waals surface area contributed by atoms with Gasteiger partial charge in [-0.05, 0) is 31.6 Å². The quantitative estimate of drug-likeness (QED) is 0.537. The summed E-state index contributed by atoms with van der Waals surface area (Å²) in [5.41, 5.74) is 1.82. The third-order valence-electron chi connectivity index (χ3n) is 2.17. The predicted molar refractivity (Wildman–Crippen MR) is 35.7 cm³/mol. The van der Waals surface area contributed by atoms with Gasteiger partial charge in [0.05, 0.1) is 0 Å². The molecule has 0 aromatic carbocycles. The lowest BCUT2D eigenvalue weighted by atomic mass is 9.88. The highest BCUT2D eigenvalue weighted by atomic mass is 19.2. The van der Waals surface area contributed by atoms with Crippen molar-refractivity contribution in [3.05, 3.63) is 0 Å². The maximum Gasteiger partial charge on any atom is 0.0372 e. The molecule has 1 nitrogen and oxygen atoms in total. The van der Waals surface area contributed by atoms with Crippen LogP contribution in [0.3, 0.4) is 0 Å². The van der Waals surface area contributed by atoms with E-state index in [1.54, 1.807) is 0 Å². The zero-order valence-corrected chi connectivity index (χ0v) is 5.86. The van der Waals surface area contributed by atoms with Crippen molar-refractivity contribution in [3.8, 4) is 0 Å². The molecule has 0 radical (unpaired) electrons. The molecule has 1 saturated carbocycles. The van der Waals surface area contributed by atoms with Crippen molar-refractivity contribution in [2.24, 2.45) is 5.92 Å². The van der Waals surface area contributed by atoms with E-state index in [1.807, 2.05) is 5.54 Å². The summed E-state index contributed by atoms with van der Waals surface area (Å²) in [6, 6.07) is 0.154. The van der Waals surface area contributed by atoms with Gasteiger partial charge in [-0.2, -0.15) is 5.54 Å². The monoisotopic (exact) mass is 131 g/mol. The zero-order valence-electron chi connectivity index (χ0n) is 5.86. The third kappa shape index (κ3) is 1.94. The van der Waals surface area contributed by atoms with Crippen LogP contribution in [-0.4, -0.2) is 6.04 Å². The van der Waals surface area contributed by atoms with Gasteiger partial charge in [-0.1, -0.05) is 6.92 Å². The van der Waals surface area contributed by atoms with Gasteiger partial charge >= 0.3 is 0 Å². The van der Waals surface area contributed by atoms with Gasteiger partial charge in [0.1, 0.15) is 0 Å². The molecule has 0 atom stereocenters. The minimum atomic E-state index is 0.154. The number of rotatable bonds is 1. The summed E-state index contributed by atoms with van der Waals surface area (Å²) in [6.07, 6.45) is 4.39. The van der Waals surface area contributed by atoms with Gasteiger partial charge in [0.2, 0.25) is 0 Å². The first-order valence-corrected chi connectivity index (χ1v) is 3.69. The SMILES string of the molecule is CC1CCC(NF)CC1. The normalized spacial score (nSPS) is 36.7. The summed E-state index contributed by atoms with van der Waals surface area (Å²) in [5.74, 6) is 0.814. The Morgan fingerprint density at radius 3 is 2.22 bits per heavy atom. The Labute approximate surface area is 55.6 Å². The molecule has 0 amide bonds. The van der Waals surface area contributed by atoms with Crippen molar-refractivity contribution in [1.82, 2.24) is 5.54 Å². The van der Waals surface area contributed by atoms with Crippen molar-refractivity contribution < 1.29 is 4.48 Å². The highest BCUT2D eigenvalue weighted by Crippen LogP contribution is 2.23. The van der Waals surface area contributed by atoms with Crippen molar-refractivity contribution >= 4 is 0 Å². The Balaban J connectivity index is 2.18. The van der Waals surface area contributed by atoms with Crippen molar-refractivity contribution in [2.45, 2.75) is 38.6 Å². The lowest BCUT2D eigenvalue weighted by molar-refractivity contribution is 0.204. The van der Waals surface area contributed by atoms with Crippen molar-refractivity contribution in [1.29, 1.82) is 0 Å². The molecule has 1 N–H and O–H groups in total. The molecule has 0 spiro atoms. The molecule has 0 saturated heterocycles. The second-order valence-corrected chi connectivity index (χ2v) is 3.07. The smallest absolute Gasteiger partial charge is 0.0372 e. The largest absolute Gasteiger partial charge is 0.156 e. The van der Waals surface area contributed by atoms with E-state index in [-0.39, 0.29) is 6.04 Å². The average molecular weight is 131 g/mol. The van der Waals surface area contributed by atoms with Crippen LogP contribution in [0.5, 0.6) is 0 Å². The number of nitrogens with one attached hydrogen (secondary N) is 1. The van der Waals surface area contributed by atoms with Gasteiger partial charge < -0.3 is 0 Å². The van der Waals surface area contributed by atoms with Crippen molar-refractivity contribution in [3.63, 3.8) is 0 Å². The fourth-order valence-corrected chi connectivity index (χ4v) is 1.37. The highest BCUT2D eigenvalue weighted by Gasteiger charge is 2.16. The summed E-state index contributed by atoms with van der Waals surface area (Å²) >= 11 is 0. The number of halogens is 1. The van der Waals surface area contributed by atoms with Crippen LogP contribution < -0.4 is 5.54 Å². The standard InChI is InChI=1S/C7H14FN/c1-6-2-4-7(9-8)5-3-6/h6-7,9H,2-5H2,1H3. The lowest BCUT2D eigenvalue weighted by Gasteiger charge is -2.23. The lowest BCUT2D eigenvalue weighted by Crippen LogP contribution is -2.26. The van der Waals surface area contributed by atoms with Crippen LogP contribution in [0.1, 0.15) is 32.6 Å². The molecule has 1 rings (SSSR count). The summed E-state index contributed by atoms with van der Waals surface area (Å²) in [4.78, 5) is 0. The molecule has 54 valence electrons. The third-order valence-corrected chi connectivity index (χ3v) is 2.17. The molecule has 9 heavy (non-hydrogen) atoms. The Bertz CT molecular complexity index is 77.0. The highest BCUT2D eigenvalue weighted by molar-refractivity contribution is 4.71. The first kappa shape index (κ1) is 7.00. The Kier molecular flexibility index (Phi) is 2.46. The van der Waals surface area contributed by atoms with E-state index in [2.05, 4.69) is 6.92 Å². The minimum absolute atomic E-state index is 0.154. The molecule has 0 aromatic heterocycles. The molecule has 0 aliphatic heterocycles. The van der Waals surface area contributed by atoms with Crippen LogP contribution in [0.4, 0.5) is 4.48 Å². The van der Waals surface area contributed by atoms with Gasteiger partial charge in [-0.15, -0.1) is 4.48 Å². The minimum Gasteiger partial charge on any atom is -0.156 e. The van der Waals surface area contributed by atoms with Crippen molar-refractivity contribution in [2.75, 3.05) is 0 Å². The average Bonchev–Trinajstić information content (AvgIpc) is 1.90. The second kappa shape index (κ2) is 3.16. The molecule has 0 bridgehead atoms. The van der Waals surface area contributed by atoms with Gasteiger partial charge in [0.25, 0.3) is 0 Å². The van der Waals surface area contributed by atoms with Gasteiger partial charge in [0, 0.05) is 6.04 Å². The zero-order chi connectivity index (χ0) is 6.69. The number of hydrogen-bond donors (Lipinski definition) is 1. The molecule has 1 aliphatic carbocycles. The van der Waals surface area contributed by atoms with Crippen LogP contribution in [0.25, 0.3) is 0 Å². The fourth-order valence-electron chi connectivity index (χ4n) is 1.37. The van der Waals surface area contributed by atoms with E-state index in [0.717, 1.165) is 18.8 Å². The number of hydrogen-bond acceptors (Lipinski definition) is 1. The molecule has 0 aromatic rings. The first-order valence-electron chi connectivity index (χ1n) is 3.69. The van der Waals surface area contributed by atoms with Crippen LogP contribution in [0.15, 0.2) is 0 Å². The molecule has 0 unspecified atom stereocenters. The van der Waals surface area contributed by atoms with E-state index in [0.29, 0.717) is 0 Å². The van der Waals surface area contributed by atoms with Crippen LogP contribution >= 0.6 is 0 Å². The van der Waals surface area contributed by atoms with Crippen LogP contribution in [-0.2, 0) is 0 Å². The topological polar surface area (TPSA) is 12.0 Å². The second-order valence-electron chi connectivity index (χ2n) is 3.07. The Morgan fingerprint density at radius 2 is 1.78 bits per heavy atom. The van der Waals surface area contributed by atoms with E-state index >= 15 is 0 Å². The van der Waals surface area contributed by atoms with Crippen LogP contribution in [0.2, 0.25) is 0 Å². The van der Waals surface area contributed by atoms with Gasteiger partial charge in [-0.25, -0.2) is 0 Å². The van der Waals surface area contributed by atoms with E-state index in [4.69, 9.17) is 0 Å². The van der Waals surface area contributed by atoms with Gasteiger partial charge in [-0.3, -0.25) is 0 Å². The predicted octanol–water partition coefficient (Wildman–Crippen LogP) is 2.04. The molecule has 2 heteroatoms. The van der Waals surface area contributed by atoms with E-state index in [9.17, 15) is 4.48 Å². The Hall–Kier alpha value is -0.110. The summed E-state index contributed by atoms with van der Waals surface area (Å²) < 4.78 is 11.8. The summed E-state index contributed by atoms with van der Waals surface area (Å²) in [6.45, 7) is 2.23. The van der Waals surface area contributed by atoms with E-state index in [1.165, 1.54) is 12.8 Å². The fraction of sp³-hybridized carbons (Fsp3) is 1.00. The molecule has 1 fully saturated rings. The summed E-state index contributed by atoms with van der Waals surface area (Å²) in [7, 11) is 0. The molecular formula is C7H14FN. The van der Waals surface area contributed by atoms with Gasteiger partial charge in [0.15, 0.2) is 0 Å². The Morgan fingerprint density at radius 1 is 1.22 bits per heavy atom. The first-order chi connectivity index (χ1) is 4.33. The van der Waals surface area contributed by atoms with E-state index < -0.39 is 0 Å². The maximum absolute atomic E-state index is 11.8. The summed E-state index contributed by atoms with van der Waals surface area (Å²) in [5, 5.41) is 0. The molecule has 0 heterocycles. The van der Waals surface area contributed by atoms with Crippen LogP contribution in [0, 0.1) is 5.92 Å². The maximum atomic E-state index is 11.8. The molecular weight excluding hydrogens is 117 g/mol. The molecule has 1 aliphatic rings.